The normalized spacial score (nSPS) is 28.8. The quantitative estimate of drug-likeness (QED) is 0.835. The lowest BCUT2D eigenvalue weighted by Crippen LogP contribution is -2.42. The predicted octanol–water partition coefficient (Wildman–Crippen LogP) is 1.76. The second-order valence-corrected chi connectivity index (χ2v) is 6.36. The lowest BCUT2D eigenvalue weighted by Gasteiger charge is -2.32. The van der Waals surface area contributed by atoms with E-state index in [4.69, 9.17) is 4.74 Å². The minimum absolute atomic E-state index is 0.0392. The lowest BCUT2D eigenvalue weighted by atomic mass is 9.81. The van der Waals surface area contributed by atoms with E-state index in [0.717, 1.165) is 32.1 Å². The highest BCUT2D eigenvalue weighted by atomic mass is 16.5. The average Bonchev–Trinajstić information content (AvgIpc) is 3.03. The highest BCUT2D eigenvalue weighted by Crippen LogP contribution is 2.43. The van der Waals surface area contributed by atoms with E-state index in [9.17, 15) is 14.7 Å². The molecule has 1 aliphatic heterocycles. The first-order valence-electron chi connectivity index (χ1n) is 7.51. The van der Waals surface area contributed by atoms with Crippen molar-refractivity contribution < 1.29 is 19.4 Å². The summed E-state index contributed by atoms with van der Waals surface area (Å²) in [6, 6.07) is 0. The van der Waals surface area contributed by atoms with E-state index < -0.39 is 11.9 Å². The van der Waals surface area contributed by atoms with Gasteiger partial charge in [-0.15, -0.1) is 0 Å². The molecule has 1 saturated carbocycles. The molecule has 1 saturated heterocycles. The van der Waals surface area contributed by atoms with Crippen LogP contribution in [0.5, 0.6) is 0 Å². The zero-order chi connectivity index (χ0) is 14.8. The SMILES string of the molecule is COCCC1(C(=O)N2C[C@@H](C)[C@H](C(=O)O)C2)CCCC1. The van der Waals surface area contributed by atoms with Gasteiger partial charge in [0, 0.05) is 26.8 Å². The van der Waals surface area contributed by atoms with E-state index in [-0.39, 0.29) is 17.2 Å². The Morgan fingerprint density at radius 3 is 2.45 bits per heavy atom. The van der Waals surface area contributed by atoms with Gasteiger partial charge in [0.25, 0.3) is 0 Å². The van der Waals surface area contributed by atoms with Gasteiger partial charge >= 0.3 is 5.97 Å². The predicted molar refractivity (Wildman–Crippen MR) is 74.3 cm³/mol. The molecule has 0 bridgehead atoms. The molecule has 114 valence electrons. The number of nitrogens with zero attached hydrogens (tertiary/aromatic N) is 1. The van der Waals surface area contributed by atoms with Crippen molar-refractivity contribution in [3.63, 3.8) is 0 Å². The second-order valence-electron chi connectivity index (χ2n) is 6.36. The summed E-state index contributed by atoms with van der Waals surface area (Å²) in [6.45, 7) is 3.45. The Kier molecular flexibility index (Phi) is 4.68. The van der Waals surface area contributed by atoms with Crippen LogP contribution in [0.25, 0.3) is 0 Å². The zero-order valence-electron chi connectivity index (χ0n) is 12.4. The van der Waals surface area contributed by atoms with Gasteiger partial charge in [-0.1, -0.05) is 19.8 Å². The summed E-state index contributed by atoms with van der Waals surface area (Å²) in [4.78, 5) is 25.8. The Labute approximate surface area is 120 Å². The molecule has 0 aromatic heterocycles. The van der Waals surface area contributed by atoms with E-state index in [1.54, 1.807) is 12.0 Å². The molecule has 2 rings (SSSR count). The standard InChI is InChI=1S/C15H25NO4/c1-11-9-16(10-12(11)13(17)18)14(19)15(7-8-20-2)5-3-4-6-15/h11-12H,3-10H2,1-2H3,(H,17,18)/t11-,12-/m1/s1. The fourth-order valence-corrected chi connectivity index (χ4v) is 3.71. The molecular weight excluding hydrogens is 258 g/mol. The number of amides is 1. The molecule has 20 heavy (non-hydrogen) atoms. The highest BCUT2D eigenvalue weighted by molar-refractivity contribution is 5.84. The van der Waals surface area contributed by atoms with Gasteiger partial charge in [0.05, 0.1) is 11.3 Å². The molecule has 0 aromatic carbocycles. The van der Waals surface area contributed by atoms with Crippen molar-refractivity contribution in [3.8, 4) is 0 Å². The van der Waals surface area contributed by atoms with Gasteiger partial charge in [-0.05, 0) is 25.2 Å². The molecule has 1 aliphatic carbocycles. The van der Waals surface area contributed by atoms with Crippen LogP contribution in [0.2, 0.25) is 0 Å². The van der Waals surface area contributed by atoms with Crippen LogP contribution in [0.3, 0.4) is 0 Å². The van der Waals surface area contributed by atoms with Crippen molar-refractivity contribution in [2.45, 2.75) is 39.0 Å². The summed E-state index contributed by atoms with van der Waals surface area (Å²) in [5, 5.41) is 9.20. The third-order valence-corrected chi connectivity index (χ3v) is 5.02. The molecule has 2 atom stereocenters. The number of likely N-dealkylation sites (tertiary alicyclic amines) is 1. The largest absolute Gasteiger partial charge is 0.481 e. The number of hydrogen-bond acceptors (Lipinski definition) is 3. The molecule has 1 heterocycles. The summed E-state index contributed by atoms with van der Waals surface area (Å²) >= 11 is 0. The molecule has 5 nitrogen and oxygen atoms in total. The van der Waals surface area contributed by atoms with Gasteiger partial charge in [-0.3, -0.25) is 9.59 Å². The maximum atomic E-state index is 12.9. The van der Waals surface area contributed by atoms with Gasteiger partial charge in [0.1, 0.15) is 0 Å². The molecule has 1 N–H and O–H groups in total. The van der Waals surface area contributed by atoms with Crippen molar-refractivity contribution in [1.29, 1.82) is 0 Å². The number of carboxylic acid groups (broad SMARTS) is 1. The number of carbonyl (C=O) groups excluding carboxylic acids is 1. The molecule has 0 unspecified atom stereocenters. The molecule has 0 radical (unpaired) electrons. The number of ether oxygens (including phenoxy) is 1. The van der Waals surface area contributed by atoms with E-state index in [0.29, 0.717) is 19.7 Å². The van der Waals surface area contributed by atoms with Crippen molar-refractivity contribution in [2.75, 3.05) is 26.8 Å². The zero-order valence-corrected chi connectivity index (χ0v) is 12.4. The Morgan fingerprint density at radius 1 is 1.30 bits per heavy atom. The summed E-state index contributed by atoms with van der Waals surface area (Å²) in [7, 11) is 1.66. The lowest BCUT2D eigenvalue weighted by molar-refractivity contribution is -0.144. The first-order valence-corrected chi connectivity index (χ1v) is 7.51. The Hall–Kier alpha value is -1.10. The number of rotatable bonds is 5. The number of aliphatic carboxylic acids is 1. The van der Waals surface area contributed by atoms with Crippen LogP contribution in [0.15, 0.2) is 0 Å². The van der Waals surface area contributed by atoms with E-state index in [1.165, 1.54) is 0 Å². The monoisotopic (exact) mass is 283 g/mol. The molecule has 2 aliphatic rings. The minimum Gasteiger partial charge on any atom is -0.481 e. The fourth-order valence-electron chi connectivity index (χ4n) is 3.71. The summed E-state index contributed by atoms with van der Waals surface area (Å²) < 4.78 is 5.16. The van der Waals surface area contributed by atoms with Crippen LogP contribution in [0.4, 0.5) is 0 Å². The maximum absolute atomic E-state index is 12.9. The Balaban J connectivity index is 2.07. The van der Waals surface area contributed by atoms with Crippen LogP contribution in [0, 0.1) is 17.3 Å². The van der Waals surface area contributed by atoms with Gasteiger partial charge in [-0.2, -0.15) is 0 Å². The number of carbonyl (C=O) groups is 2. The van der Waals surface area contributed by atoms with Gasteiger partial charge in [-0.25, -0.2) is 0 Å². The molecule has 0 aromatic rings. The number of carboxylic acids is 1. The van der Waals surface area contributed by atoms with Crippen LogP contribution >= 0.6 is 0 Å². The van der Waals surface area contributed by atoms with Crippen LogP contribution in [0.1, 0.15) is 39.0 Å². The van der Waals surface area contributed by atoms with Gasteiger partial charge in [0.2, 0.25) is 5.91 Å². The Bertz CT molecular complexity index is 376. The Morgan fingerprint density at radius 2 is 1.95 bits per heavy atom. The molecule has 1 amide bonds. The first kappa shape index (κ1) is 15.3. The van der Waals surface area contributed by atoms with Crippen molar-refractivity contribution >= 4 is 11.9 Å². The number of hydrogen-bond donors (Lipinski definition) is 1. The maximum Gasteiger partial charge on any atom is 0.308 e. The topological polar surface area (TPSA) is 66.8 Å². The highest BCUT2D eigenvalue weighted by Gasteiger charge is 2.46. The number of methoxy groups -OCH3 is 1. The van der Waals surface area contributed by atoms with Gasteiger partial charge in [0.15, 0.2) is 0 Å². The summed E-state index contributed by atoms with van der Waals surface area (Å²) in [5.74, 6) is -1.01. The van der Waals surface area contributed by atoms with Gasteiger partial charge < -0.3 is 14.7 Å². The van der Waals surface area contributed by atoms with Crippen molar-refractivity contribution in [1.82, 2.24) is 4.90 Å². The first-order chi connectivity index (χ1) is 9.50. The molecule has 5 heteroatoms. The van der Waals surface area contributed by atoms with E-state index >= 15 is 0 Å². The third kappa shape index (κ3) is 2.82. The van der Waals surface area contributed by atoms with Crippen LogP contribution in [-0.2, 0) is 14.3 Å². The fraction of sp³-hybridized carbons (Fsp3) is 0.867. The molecule has 0 spiro atoms. The average molecular weight is 283 g/mol. The third-order valence-electron chi connectivity index (χ3n) is 5.02. The second kappa shape index (κ2) is 6.12. The smallest absolute Gasteiger partial charge is 0.308 e. The summed E-state index contributed by atoms with van der Waals surface area (Å²) in [5.41, 5.74) is -0.302. The van der Waals surface area contributed by atoms with E-state index in [1.807, 2.05) is 6.92 Å². The van der Waals surface area contributed by atoms with Crippen LogP contribution < -0.4 is 0 Å². The van der Waals surface area contributed by atoms with Crippen LogP contribution in [-0.4, -0.2) is 48.7 Å². The minimum atomic E-state index is -0.787. The van der Waals surface area contributed by atoms with Crippen molar-refractivity contribution in [2.24, 2.45) is 17.3 Å². The van der Waals surface area contributed by atoms with E-state index in [2.05, 4.69) is 0 Å². The molecular formula is C15H25NO4. The molecule has 2 fully saturated rings. The summed E-state index contributed by atoms with van der Waals surface area (Å²) in [6.07, 6.45) is 4.75. The van der Waals surface area contributed by atoms with Crippen molar-refractivity contribution in [3.05, 3.63) is 0 Å².